The Balaban J connectivity index is 2.16. The van der Waals surface area contributed by atoms with E-state index in [0.29, 0.717) is 0 Å². The first-order valence-corrected chi connectivity index (χ1v) is 6.38. The van der Waals surface area contributed by atoms with E-state index in [1.54, 1.807) is 0 Å². The Morgan fingerprint density at radius 1 is 1.35 bits per heavy atom. The number of nitrogens with zero attached hydrogens (tertiary/aromatic N) is 1. The molecule has 1 aromatic carbocycles. The van der Waals surface area contributed by atoms with Gasteiger partial charge in [0.1, 0.15) is 0 Å². The first-order chi connectivity index (χ1) is 7.88. The fourth-order valence-electron chi connectivity index (χ4n) is 2.78. The molecular formula is C15H23NO. The van der Waals surface area contributed by atoms with Gasteiger partial charge in [-0.15, -0.1) is 0 Å². The monoisotopic (exact) mass is 233 g/mol. The van der Waals surface area contributed by atoms with Crippen LogP contribution in [0.2, 0.25) is 0 Å². The molecule has 0 amide bonds. The Hall–Kier alpha value is -0.860. The Kier molecular flexibility index (Phi) is 3.28. The lowest BCUT2D eigenvalue weighted by atomic mass is 9.99. The topological polar surface area (TPSA) is 23.5 Å². The summed E-state index contributed by atoms with van der Waals surface area (Å²) in [5.41, 5.74) is 4.14. The normalized spacial score (nSPS) is 24.2. The quantitative estimate of drug-likeness (QED) is 0.849. The lowest BCUT2D eigenvalue weighted by molar-refractivity contribution is 0.156. The summed E-state index contributed by atoms with van der Waals surface area (Å²) in [6.07, 6.45) is 0.702. The van der Waals surface area contributed by atoms with Crippen LogP contribution < -0.4 is 0 Å². The van der Waals surface area contributed by atoms with Crippen LogP contribution in [0.25, 0.3) is 0 Å². The van der Waals surface area contributed by atoms with Gasteiger partial charge < -0.3 is 5.11 Å². The molecule has 1 atom stereocenters. The number of aliphatic hydroxyl groups is 1. The van der Waals surface area contributed by atoms with Gasteiger partial charge in [-0.1, -0.05) is 23.8 Å². The van der Waals surface area contributed by atoms with Gasteiger partial charge in [-0.25, -0.2) is 0 Å². The Morgan fingerprint density at radius 2 is 2.06 bits per heavy atom. The second kappa shape index (κ2) is 4.43. The fraction of sp³-hybridized carbons (Fsp3) is 0.600. The molecule has 1 heterocycles. The molecule has 0 spiro atoms. The summed E-state index contributed by atoms with van der Waals surface area (Å²) in [5.74, 6) is 0. The Bertz CT molecular complexity index is 411. The molecule has 1 aromatic rings. The number of likely N-dealkylation sites (tertiary alicyclic amines) is 1. The largest absolute Gasteiger partial charge is 0.392 e. The number of aryl methyl sites for hydroxylation is 2. The zero-order valence-corrected chi connectivity index (χ0v) is 11.3. The van der Waals surface area contributed by atoms with Crippen molar-refractivity contribution in [2.24, 2.45) is 0 Å². The van der Waals surface area contributed by atoms with E-state index >= 15 is 0 Å². The van der Waals surface area contributed by atoms with Gasteiger partial charge in [0.2, 0.25) is 0 Å². The highest BCUT2D eigenvalue weighted by molar-refractivity contribution is 5.30. The standard InChI is InChI=1S/C15H23NO/c1-11-5-6-13(12(2)7-11)9-16-10-14(17)8-15(16,3)4/h5-7,14,17H,8-10H2,1-4H3. The van der Waals surface area contributed by atoms with Crippen LogP contribution in [-0.4, -0.2) is 28.2 Å². The van der Waals surface area contributed by atoms with Crippen LogP contribution in [0.5, 0.6) is 0 Å². The minimum atomic E-state index is -0.171. The number of hydrogen-bond donors (Lipinski definition) is 1. The molecule has 0 aliphatic carbocycles. The predicted octanol–water partition coefficient (Wildman–Crippen LogP) is 2.65. The van der Waals surface area contributed by atoms with Crippen molar-refractivity contribution in [3.05, 3.63) is 34.9 Å². The van der Waals surface area contributed by atoms with E-state index in [0.717, 1.165) is 19.5 Å². The number of β-amino-alcohol motifs (C(OH)–C–C–N with tert-alkyl or cyclic N) is 1. The molecule has 0 radical (unpaired) electrons. The molecular weight excluding hydrogens is 210 g/mol. The maximum Gasteiger partial charge on any atom is 0.0684 e. The van der Waals surface area contributed by atoms with Crippen molar-refractivity contribution in [2.75, 3.05) is 6.54 Å². The molecule has 2 rings (SSSR count). The van der Waals surface area contributed by atoms with E-state index in [4.69, 9.17) is 0 Å². The van der Waals surface area contributed by atoms with Crippen LogP contribution in [0.4, 0.5) is 0 Å². The van der Waals surface area contributed by atoms with Gasteiger partial charge in [0.05, 0.1) is 6.10 Å². The Morgan fingerprint density at radius 3 is 2.59 bits per heavy atom. The maximum atomic E-state index is 9.78. The van der Waals surface area contributed by atoms with Crippen LogP contribution in [0.3, 0.4) is 0 Å². The number of hydrogen-bond acceptors (Lipinski definition) is 2. The average molecular weight is 233 g/mol. The predicted molar refractivity (Wildman–Crippen MR) is 71.0 cm³/mol. The fourth-order valence-corrected chi connectivity index (χ4v) is 2.78. The molecule has 1 unspecified atom stereocenters. The summed E-state index contributed by atoms with van der Waals surface area (Å²) in [6, 6.07) is 6.61. The van der Waals surface area contributed by atoms with Crippen molar-refractivity contribution in [3.8, 4) is 0 Å². The number of rotatable bonds is 2. The molecule has 94 valence electrons. The molecule has 2 nitrogen and oxygen atoms in total. The highest BCUT2D eigenvalue weighted by Gasteiger charge is 2.37. The molecule has 1 saturated heterocycles. The van der Waals surface area contributed by atoms with Crippen LogP contribution in [0.15, 0.2) is 18.2 Å². The summed E-state index contributed by atoms with van der Waals surface area (Å²) >= 11 is 0. The second-order valence-electron chi connectivity index (χ2n) is 5.98. The number of aliphatic hydroxyl groups excluding tert-OH is 1. The van der Waals surface area contributed by atoms with E-state index in [1.807, 2.05) is 0 Å². The molecule has 1 aliphatic heterocycles. The third-order valence-electron chi connectivity index (χ3n) is 3.88. The summed E-state index contributed by atoms with van der Waals surface area (Å²) in [6.45, 7) is 10.5. The summed E-state index contributed by atoms with van der Waals surface area (Å²) in [4.78, 5) is 2.38. The van der Waals surface area contributed by atoms with E-state index < -0.39 is 0 Å². The summed E-state index contributed by atoms with van der Waals surface area (Å²) < 4.78 is 0. The molecule has 0 aromatic heterocycles. The van der Waals surface area contributed by atoms with Gasteiger partial charge in [-0.2, -0.15) is 0 Å². The molecule has 17 heavy (non-hydrogen) atoms. The summed E-state index contributed by atoms with van der Waals surface area (Å²) in [7, 11) is 0. The van der Waals surface area contributed by atoms with Gasteiger partial charge in [-0.3, -0.25) is 4.90 Å². The highest BCUT2D eigenvalue weighted by atomic mass is 16.3. The first kappa shape index (κ1) is 12.6. The van der Waals surface area contributed by atoms with Crippen molar-refractivity contribution in [1.29, 1.82) is 0 Å². The van der Waals surface area contributed by atoms with E-state index in [2.05, 4.69) is 50.8 Å². The van der Waals surface area contributed by atoms with Crippen molar-refractivity contribution in [3.63, 3.8) is 0 Å². The third-order valence-corrected chi connectivity index (χ3v) is 3.88. The zero-order valence-electron chi connectivity index (χ0n) is 11.3. The second-order valence-corrected chi connectivity index (χ2v) is 5.98. The highest BCUT2D eigenvalue weighted by Crippen LogP contribution is 2.30. The van der Waals surface area contributed by atoms with E-state index in [9.17, 15) is 5.11 Å². The van der Waals surface area contributed by atoms with Crippen LogP contribution in [0.1, 0.15) is 37.0 Å². The summed E-state index contributed by atoms with van der Waals surface area (Å²) in [5, 5.41) is 9.78. The van der Waals surface area contributed by atoms with Gasteiger partial charge in [0.15, 0.2) is 0 Å². The van der Waals surface area contributed by atoms with E-state index in [1.165, 1.54) is 16.7 Å². The van der Waals surface area contributed by atoms with Gasteiger partial charge in [0.25, 0.3) is 0 Å². The smallest absolute Gasteiger partial charge is 0.0684 e. The van der Waals surface area contributed by atoms with Crippen molar-refractivity contribution in [2.45, 2.75) is 52.3 Å². The van der Waals surface area contributed by atoms with Crippen LogP contribution in [0, 0.1) is 13.8 Å². The minimum absolute atomic E-state index is 0.108. The average Bonchev–Trinajstić information content (AvgIpc) is 2.44. The third kappa shape index (κ3) is 2.70. The first-order valence-electron chi connectivity index (χ1n) is 6.38. The SMILES string of the molecule is Cc1ccc(CN2CC(O)CC2(C)C)c(C)c1. The van der Waals surface area contributed by atoms with Crippen molar-refractivity contribution < 1.29 is 5.11 Å². The zero-order chi connectivity index (χ0) is 12.6. The maximum absolute atomic E-state index is 9.78. The van der Waals surface area contributed by atoms with E-state index in [-0.39, 0.29) is 11.6 Å². The lowest BCUT2D eigenvalue weighted by Gasteiger charge is -2.31. The minimum Gasteiger partial charge on any atom is -0.392 e. The van der Waals surface area contributed by atoms with Gasteiger partial charge in [-0.05, 0) is 45.2 Å². The van der Waals surface area contributed by atoms with Crippen LogP contribution >= 0.6 is 0 Å². The number of benzene rings is 1. The molecule has 2 heteroatoms. The molecule has 1 aliphatic rings. The van der Waals surface area contributed by atoms with Crippen molar-refractivity contribution >= 4 is 0 Å². The molecule has 0 bridgehead atoms. The lowest BCUT2D eigenvalue weighted by Crippen LogP contribution is -2.37. The van der Waals surface area contributed by atoms with Crippen LogP contribution in [-0.2, 0) is 6.54 Å². The van der Waals surface area contributed by atoms with Gasteiger partial charge in [0, 0.05) is 18.6 Å². The Labute approximate surface area is 104 Å². The molecule has 1 N–H and O–H groups in total. The molecule has 0 saturated carbocycles. The van der Waals surface area contributed by atoms with Gasteiger partial charge >= 0.3 is 0 Å². The molecule has 1 fully saturated rings. The van der Waals surface area contributed by atoms with Crippen molar-refractivity contribution in [1.82, 2.24) is 4.90 Å².